The van der Waals surface area contributed by atoms with E-state index in [1.54, 1.807) is 12.1 Å². The van der Waals surface area contributed by atoms with E-state index in [4.69, 9.17) is 10.00 Å². The van der Waals surface area contributed by atoms with E-state index in [0.29, 0.717) is 5.56 Å². The number of ether oxygens (including phenoxy) is 1. The number of hydrogen-bond acceptors (Lipinski definition) is 3. The molecule has 1 aliphatic heterocycles. The van der Waals surface area contributed by atoms with Gasteiger partial charge in [-0.1, -0.05) is 6.07 Å². The first-order chi connectivity index (χ1) is 6.38. The maximum absolute atomic E-state index is 8.65. The Hall–Kier alpha value is -1.53. The summed E-state index contributed by atoms with van der Waals surface area (Å²) in [6.45, 7) is 1.80. The van der Waals surface area contributed by atoms with Crippen molar-refractivity contribution in [1.82, 2.24) is 5.32 Å². The molecule has 0 atom stereocenters. The minimum atomic E-state index is 0.272. The number of nitrogens with zero attached hydrogens (tertiary/aromatic N) is 1. The van der Waals surface area contributed by atoms with Crippen LogP contribution < -0.4 is 10.1 Å². The third kappa shape index (κ3) is 1.79. The Bertz CT molecular complexity index is 339. The van der Waals surface area contributed by atoms with Crippen LogP contribution in [0, 0.1) is 11.3 Å². The van der Waals surface area contributed by atoms with E-state index in [2.05, 4.69) is 11.4 Å². The number of rotatable bonds is 2. The minimum absolute atomic E-state index is 0.272. The first-order valence-corrected chi connectivity index (χ1v) is 4.26. The number of nitrogens with one attached hydrogen (secondary N) is 1. The van der Waals surface area contributed by atoms with Gasteiger partial charge in [0.05, 0.1) is 11.6 Å². The Kier molecular flexibility index (Phi) is 2.15. The molecule has 0 unspecified atom stereocenters. The van der Waals surface area contributed by atoms with Gasteiger partial charge in [0.1, 0.15) is 11.9 Å². The molecule has 0 saturated carbocycles. The second kappa shape index (κ2) is 3.46. The second-order valence-electron chi connectivity index (χ2n) is 3.04. The van der Waals surface area contributed by atoms with Gasteiger partial charge in [-0.25, -0.2) is 0 Å². The van der Waals surface area contributed by atoms with Gasteiger partial charge in [-0.2, -0.15) is 5.26 Å². The quantitative estimate of drug-likeness (QED) is 0.724. The molecule has 0 spiro atoms. The molecule has 0 aromatic heterocycles. The van der Waals surface area contributed by atoms with Crippen molar-refractivity contribution in [1.29, 1.82) is 5.26 Å². The predicted octanol–water partition coefficient (Wildman–Crippen LogP) is 0.909. The highest BCUT2D eigenvalue weighted by atomic mass is 16.5. The zero-order chi connectivity index (χ0) is 9.10. The SMILES string of the molecule is N#Cc1cccc(OC2CNC2)c1. The van der Waals surface area contributed by atoms with Crippen LogP contribution >= 0.6 is 0 Å². The van der Waals surface area contributed by atoms with Crippen LogP contribution in [0.15, 0.2) is 24.3 Å². The average molecular weight is 174 g/mol. The van der Waals surface area contributed by atoms with Gasteiger partial charge in [-0.15, -0.1) is 0 Å². The molecule has 0 radical (unpaired) electrons. The Labute approximate surface area is 76.9 Å². The fraction of sp³-hybridized carbons (Fsp3) is 0.300. The van der Waals surface area contributed by atoms with Crippen molar-refractivity contribution in [2.75, 3.05) is 13.1 Å². The van der Waals surface area contributed by atoms with Gasteiger partial charge in [0.15, 0.2) is 0 Å². The topological polar surface area (TPSA) is 45.0 Å². The van der Waals surface area contributed by atoms with Gasteiger partial charge in [0.2, 0.25) is 0 Å². The van der Waals surface area contributed by atoms with Crippen molar-refractivity contribution in [2.45, 2.75) is 6.10 Å². The Balaban J connectivity index is 2.07. The normalized spacial score (nSPS) is 15.9. The van der Waals surface area contributed by atoms with Crippen LogP contribution in [0.1, 0.15) is 5.56 Å². The van der Waals surface area contributed by atoms with Crippen molar-refractivity contribution in [2.24, 2.45) is 0 Å². The zero-order valence-corrected chi connectivity index (χ0v) is 7.16. The molecular formula is C10H10N2O. The maximum atomic E-state index is 8.65. The maximum Gasteiger partial charge on any atom is 0.123 e. The van der Waals surface area contributed by atoms with Crippen LogP contribution in [0.3, 0.4) is 0 Å². The Morgan fingerprint density at radius 1 is 1.46 bits per heavy atom. The molecule has 0 amide bonds. The highest BCUT2D eigenvalue weighted by Gasteiger charge is 2.17. The number of nitriles is 1. The summed E-state index contributed by atoms with van der Waals surface area (Å²) in [6.07, 6.45) is 0.272. The summed E-state index contributed by atoms with van der Waals surface area (Å²) in [6, 6.07) is 9.32. The molecule has 1 fully saturated rings. The van der Waals surface area contributed by atoms with E-state index in [1.165, 1.54) is 0 Å². The van der Waals surface area contributed by atoms with Crippen molar-refractivity contribution in [3.63, 3.8) is 0 Å². The summed E-state index contributed by atoms with van der Waals surface area (Å²) in [4.78, 5) is 0. The van der Waals surface area contributed by atoms with Crippen LogP contribution in [0.4, 0.5) is 0 Å². The number of benzene rings is 1. The molecule has 1 heterocycles. The Morgan fingerprint density at radius 2 is 2.31 bits per heavy atom. The second-order valence-corrected chi connectivity index (χ2v) is 3.04. The van der Waals surface area contributed by atoms with Crippen molar-refractivity contribution >= 4 is 0 Å². The summed E-state index contributed by atoms with van der Waals surface area (Å²) in [7, 11) is 0. The summed E-state index contributed by atoms with van der Waals surface area (Å²) >= 11 is 0. The van der Waals surface area contributed by atoms with Crippen LogP contribution in [0.25, 0.3) is 0 Å². The van der Waals surface area contributed by atoms with E-state index in [9.17, 15) is 0 Å². The van der Waals surface area contributed by atoms with Crippen LogP contribution in [-0.4, -0.2) is 19.2 Å². The molecule has 1 aromatic rings. The van der Waals surface area contributed by atoms with E-state index < -0.39 is 0 Å². The first-order valence-electron chi connectivity index (χ1n) is 4.26. The lowest BCUT2D eigenvalue weighted by molar-refractivity contribution is 0.142. The lowest BCUT2D eigenvalue weighted by Crippen LogP contribution is -2.50. The molecule has 2 rings (SSSR count). The van der Waals surface area contributed by atoms with Crippen LogP contribution in [0.2, 0.25) is 0 Å². The molecule has 0 aliphatic carbocycles. The molecule has 1 saturated heterocycles. The summed E-state index contributed by atoms with van der Waals surface area (Å²) in [5.74, 6) is 0.783. The summed E-state index contributed by atoms with van der Waals surface area (Å²) in [5, 5.41) is 11.8. The van der Waals surface area contributed by atoms with Crippen molar-refractivity contribution in [3.05, 3.63) is 29.8 Å². The van der Waals surface area contributed by atoms with Crippen LogP contribution in [-0.2, 0) is 0 Å². The lowest BCUT2D eigenvalue weighted by atomic mass is 10.2. The van der Waals surface area contributed by atoms with E-state index in [-0.39, 0.29) is 6.10 Å². The third-order valence-electron chi connectivity index (χ3n) is 2.01. The molecule has 1 aliphatic rings. The fourth-order valence-corrected chi connectivity index (χ4v) is 1.18. The molecule has 66 valence electrons. The monoisotopic (exact) mass is 174 g/mol. The van der Waals surface area contributed by atoms with E-state index in [1.807, 2.05) is 12.1 Å². The van der Waals surface area contributed by atoms with Crippen molar-refractivity contribution in [3.8, 4) is 11.8 Å². The standard InChI is InChI=1S/C10H10N2O/c11-5-8-2-1-3-9(4-8)13-10-6-12-7-10/h1-4,10,12H,6-7H2. The van der Waals surface area contributed by atoms with Crippen molar-refractivity contribution < 1.29 is 4.74 Å². The summed E-state index contributed by atoms with van der Waals surface area (Å²) in [5.41, 5.74) is 0.643. The number of hydrogen-bond donors (Lipinski definition) is 1. The largest absolute Gasteiger partial charge is 0.488 e. The predicted molar refractivity (Wildman–Crippen MR) is 48.4 cm³/mol. The van der Waals surface area contributed by atoms with Gasteiger partial charge < -0.3 is 10.1 Å². The third-order valence-corrected chi connectivity index (χ3v) is 2.01. The van der Waals surface area contributed by atoms with Gasteiger partial charge in [-0.05, 0) is 18.2 Å². The molecular weight excluding hydrogens is 164 g/mol. The zero-order valence-electron chi connectivity index (χ0n) is 7.16. The van der Waals surface area contributed by atoms with E-state index in [0.717, 1.165) is 18.8 Å². The molecule has 1 aromatic carbocycles. The molecule has 0 bridgehead atoms. The highest BCUT2D eigenvalue weighted by molar-refractivity contribution is 5.36. The first kappa shape index (κ1) is 8.09. The molecule has 1 N–H and O–H groups in total. The molecule has 3 nitrogen and oxygen atoms in total. The smallest absolute Gasteiger partial charge is 0.123 e. The van der Waals surface area contributed by atoms with Gasteiger partial charge >= 0.3 is 0 Å². The van der Waals surface area contributed by atoms with Crippen LogP contribution in [0.5, 0.6) is 5.75 Å². The molecule has 13 heavy (non-hydrogen) atoms. The average Bonchev–Trinajstić information content (AvgIpc) is 2.12. The lowest BCUT2D eigenvalue weighted by Gasteiger charge is -2.27. The van der Waals surface area contributed by atoms with E-state index >= 15 is 0 Å². The summed E-state index contributed by atoms with van der Waals surface area (Å²) < 4.78 is 5.58. The van der Waals surface area contributed by atoms with Gasteiger partial charge in [-0.3, -0.25) is 0 Å². The fourth-order valence-electron chi connectivity index (χ4n) is 1.18. The minimum Gasteiger partial charge on any atom is -0.488 e. The van der Waals surface area contributed by atoms with Gasteiger partial charge in [0.25, 0.3) is 0 Å². The molecule has 3 heteroatoms. The Morgan fingerprint density at radius 3 is 2.92 bits per heavy atom. The highest BCUT2D eigenvalue weighted by Crippen LogP contribution is 2.15. The van der Waals surface area contributed by atoms with Gasteiger partial charge in [0, 0.05) is 13.1 Å².